The molecule has 0 aromatic rings. The van der Waals surface area contributed by atoms with Gasteiger partial charge in [-0.25, -0.2) is 0 Å². The van der Waals surface area contributed by atoms with Crippen molar-refractivity contribution in [2.45, 2.75) is 77.7 Å². The lowest BCUT2D eigenvalue weighted by atomic mass is 10.1. The van der Waals surface area contributed by atoms with Gasteiger partial charge in [-0.15, -0.1) is 13.2 Å². The molecule has 0 saturated carbocycles. The first kappa shape index (κ1) is 44.0. The average Bonchev–Trinajstić information content (AvgIpc) is 2.80. The first-order valence-electron chi connectivity index (χ1n) is 11.5. The van der Waals surface area contributed by atoms with Gasteiger partial charge in [0.2, 0.25) is 11.8 Å². The van der Waals surface area contributed by atoms with Crippen LogP contribution in [0.4, 0.5) is 39.5 Å². The molecular weight excluding hydrogens is 567 g/mol. The average molecular weight is 609 g/mol. The Bertz CT molecular complexity index is 653. The van der Waals surface area contributed by atoms with Crippen molar-refractivity contribution in [2.75, 3.05) is 26.9 Å². The Kier molecular flexibility index (Phi) is 25.6. The number of carbonyl (C=O) groups is 2. The van der Waals surface area contributed by atoms with Gasteiger partial charge in [-0.05, 0) is 32.9 Å². The highest BCUT2D eigenvalue weighted by Gasteiger charge is 2.54. The molecule has 0 aliphatic rings. The number of amides is 2. The summed E-state index contributed by atoms with van der Waals surface area (Å²) in [4.78, 5) is 21.9. The highest BCUT2D eigenvalue weighted by Crippen LogP contribution is 2.39. The van der Waals surface area contributed by atoms with Gasteiger partial charge >= 0.3 is 18.5 Å². The highest BCUT2D eigenvalue weighted by molar-refractivity contribution is 6.51. The minimum atomic E-state index is -5.32. The Morgan fingerprint density at radius 2 is 1.23 bits per heavy atom. The number of hydrogen-bond donors (Lipinski definition) is 2. The van der Waals surface area contributed by atoms with Gasteiger partial charge < -0.3 is 19.8 Å². The van der Waals surface area contributed by atoms with Gasteiger partial charge in [-0.1, -0.05) is 26.0 Å². The summed E-state index contributed by atoms with van der Waals surface area (Å²) >= 11 is 0. The molecular formula is C23H41F9N2O4Si. The van der Waals surface area contributed by atoms with Crippen LogP contribution in [0.1, 0.15) is 41.0 Å². The van der Waals surface area contributed by atoms with E-state index in [2.05, 4.69) is 62.8 Å². The van der Waals surface area contributed by atoms with Gasteiger partial charge in [0.25, 0.3) is 0 Å². The van der Waals surface area contributed by atoms with Crippen molar-refractivity contribution >= 4 is 20.9 Å². The zero-order valence-corrected chi connectivity index (χ0v) is 24.4. The number of alkyl halides is 9. The highest BCUT2D eigenvalue weighted by atomic mass is 28.3. The van der Waals surface area contributed by atoms with Gasteiger partial charge in [0.05, 0.1) is 7.18 Å². The summed E-state index contributed by atoms with van der Waals surface area (Å²) < 4.78 is 112. The first-order valence-corrected chi connectivity index (χ1v) is 13.8. The molecule has 0 radical (unpaired) electrons. The van der Waals surface area contributed by atoms with Crippen molar-refractivity contribution in [2.24, 2.45) is 5.92 Å². The minimum absolute atomic E-state index is 0.0381. The molecule has 0 spiro atoms. The lowest BCUT2D eigenvalue weighted by Gasteiger charge is -2.25. The van der Waals surface area contributed by atoms with Crippen LogP contribution >= 0.6 is 0 Å². The van der Waals surface area contributed by atoms with Gasteiger partial charge in [-0.2, -0.15) is 35.1 Å². The third-order valence-electron chi connectivity index (χ3n) is 4.06. The molecule has 0 aromatic heterocycles. The second-order valence-electron chi connectivity index (χ2n) is 8.23. The molecule has 39 heavy (non-hydrogen) atoms. The van der Waals surface area contributed by atoms with Crippen LogP contribution in [0.15, 0.2) is 25.3 Å². The molecule has 234 valence electrons. The molecule has 2 atom stereocenters. The summed E-state index contributed by atoms with van der Waals surface area (Å²) in [6, 6.07) is 0. The van der Waals surface area contributed by atoms with Crippen LogP contribution in [0.25, 0.3) is 0 Å². The van der Waals surface area contributed by atoms with Crippen molar-refractivity contribution in [1.29, 1.82) is 0 Å². The van der Waals surface area contributed by atoms with Crippen LogP contribution in [-0.4, -0.2) is 72.3 Å². The Morgan fingerprint density at radius 1 is 0.846 bits per heavy atom. The van der Waals surface area contributed by atoms with E-state index < -0.39 is 40.0 Å². The Balaban J connectivity index is -0.000000234. The van der Waals surface area contributed by atoms with Crippen LogP contribution in [-0.2, 0) is 18.8 Å². The second-order valence-corrected chi connectivity index (χ2v) is 11.2. The Labute approximate surface area is 226 Å². The van der Waals surface area contributed by atoms with Crippen molar-refractivity contribution in [3.63, 3.8) is 0 Å². The number of hydrogen-bond acceptors (Lipinski definition) is 4. The normalized spacial score (nSPS) is 12.9. The number of carbonyl (C=O) groups excluding carboxylic acids is 2. The van der Waals surface area contributed by atoms with Crippen molar-refractivity contribution < 1.29 is 58.3 Å². The molecule has 0 aliphatic heterocycles. The first-order chi connectivity index (χ1) is 17.6. The summed E-state index contributed by atoms with van der Waals surface area (Å²) in [5.74, 6) is -3.91. The van der Waals surface area contributed by atoms with Gasteiger partial charge in [0.1, 0.15) is 18.9 Å². The van der Waals surface area contributed by atoms with E-state index >= 15 is 0 Å². The Morgan fingerprint density at radius 3 is 1.46 bits per heavy atom. The van der Waals surface area contributed by atoms with E-state index in [0.717, 1.165) is 5.54 Å². The van der Waals surface area contributed by atoms with E-state index in [1.807, 2.05) is 0 Å². The van der Waals surface area contributed by atoms with E-state index in [9.17, 15) is 49.1 Å². The zero-order valence-electron chi connectivity index (χ0n) is 23.2. The number of halogens is 9. The summed E-state index contributed by atoms with van der Waals surface area (Å²) in [7, 11) is -0.333. The Hall–Kier alpha value is -2.07. The van der Waals surface area contributed by atoms with Crippen LogP contribution in [0.2, 0.25) is 12.1 Å². The molecule has 0 aromatic carbocycles. The van der Waals surface area contributed by atoms with E-state index in [1.165, 1.54) is 0 Å². The van der Waals surface area contributed by atoms with E-state index in [0.29, 0.717) is 26.4 Å². The van der Waals surface area contributed by atoms with Gasteiger partial charge in [-0.3, -0.25) is 14.0 Å². The predicted octanol–water partition coefficient (Wildman–Crippen LogP) is 6.10. The fourth-order valence-electron chi connectivity index (χ4n) is 1.72. The predicted molar refractivity (Wildman–Crippen MR) is 135 cm³/mol. The van der Waals surface area contributed by atoms with Crippen LogP contribution in [0.3, 0.4) is 0 Å². The third-order valence-corrected chi connectivity index (χ3v) is 6.91. The summed E-state index contributed by atoms with van der Waals surface area (Å²) in [6.45, 7) is 16.2. The lowest BCUT2D eigenvalue weighted by Crippen LogP contribution is -2.41. The largest absolute Gasteiger partial charge is 0.418 e. The number of nitrogens with one attached hydrogen (secondary N) is 2. The molecule has 0 saturated heterocycles. The number of rotatable bonds is 12. The molecule has 2 unspecified atom stereocenters. The van der Waals surface area contributed by atoms with E-state index in [4.69, 9.17) is 4.43 Å². The lowest BCUT2D eigenvalue weighted by molar-refractivity contribution is -0.351. The molecule has 0 aliphatic carbocycles. The van der Waals surface area contributed by atoms with Crippen LogP contribution in [0, 0.1) is 5.92 Å². The fraction of sp³-hybridized carbons (Fsp3) is 0.739. The monoisotopic (exact) mass is 608 g/mol. The SMILES string of the molecule is C=CCNC(=O)CC(=O)NCC=C.CC(C(F)(F)F)C(F)(F)OCC(F)(F)F.CC(C)O[SiH](C)C(C)C.CF. The molecule has 0 bridgehead atoms. The summed E-state index contributed by atoms with van der Waals surface area (Å²) in [6.07, 6.45) is -11.9. The van der Waals surface area contributed by atoms with Crippen molar-refractivity contribution in [3.05, 3.63) is 25.3 Å². The summed E-state index contributed by atoms with van der Waals surface area (Å²) in [5, 5.41) is 4.99. The van der Waals surface area contributed by atoms with E-state index in [-0.39, 0.29) is 25.2 Å². The topological polar surface area (TPSA) is 76.7 Å². The van der Waals surface area contributed by atoms with Crippen molar-refractivity contribution in [3.8, 4) is 0 Å². The van der Waals surface area contributed by atoms with Gasteiger partial charge in [0.15, 0.2) is 9.04 Å². The molecule has 16 heteroatoms. The maximum atomic E-state index is 12.4. The van der Waals surface area contributed by atoms with Crippen LogP contribution < -0.4 is 10.6 Å². The summed E-state index contributed by atoms with van der Waals surface area (Å²) in [5.41, 5.74) is 0.771. The van der Waals surface area contributed by atoms with Gasteiger partial charge in [0, 0.05) is 19.2 Å². The molecule has 0 fully saturated rings. The smallest absolute Gasteiger partial charge is 0.412 e. The second kappa shape index (κ2) is 22.7. The van der Waals surface area contributed by atoms with Crippen LogP contribution in [0.5, 0.6) is 0 Å². The molecule has 2 amide bonds. The molecule has 0 heterocycles. The minimum Gasteiger partial charge on any atom is -0.418 e. The fourth-order valence-corrected chi connectivity index (χ4v) is 2.90. The third kappa shape index (κ3) is 30.3. The molecule has 6 nitrogen and oxygen atoms in total. The maximum absolute atomic E-state index is 12.4. The standard InChI is InChI=1S/C9H14N2O2.C7H18OSi.C6H6F8O.CH3F/c1-3-5-10-8(12)7-9(13)11-6-4-2;1-6(2)8-9(5)7(3)4;1-3(5(10,11)12)6(13,14)15-2-4(7,8)9;1-2/h3-4H,1-2,5-7H2,(H,10,12)(H,11,13);6-7,9H,1-5H3;3H,2H2,1H3;1H3. The maximum Gasteiger partial charge on any atom is 0.412 e. The molecule has 0 rings (SSSR count). The zero-order chi connectivity index (χ0) is 32.0. The quantitative estimate of drug-likeness (QED) is 0.122. The van der Waals surface area contributed by atoms with E-state index in [1.54, 1.807) is 12.2 Å². The molecule has 2 N–H and O–H groups in total. The van der Waals surface area contributed by atoms with Crippen molar-refractivity contribution in [1.82, 2.24) is 10.6 Å². The number of ether oxygens (including phenoxy) is 1.